The molecule has 0 bridgehead atoms. The van der Waals surface area contributed by atoms with Crippen LogP contribution in [0.25, 0.3) is 0 Å². The molecule has 2 aromatic rings. The number of benzene rings is 2. The van der Waals surface area contributed by atoms with E-state index < -0.39 is 0 Å². The Balaban J connectivity index is 2.01. The maximum absolute atomic E-state index is 11.9. The highest BCUT2D eigenvalue weighted by molar-refractivity contribution is 6.35. The van der Waals surface area contributed by atoms with Crippen LogP contribution in [0.5, 0.6) is 5.75 Å². The van der Waals surface area contributed by atoms with E-state index in [9.17, 15) is 4.79 Å². The number of aryl methyl sites for hydroxylation is 2. The number of carbonyl (C=O) groups is 1. The Bertz CT molecular complexity index is 648. The van der Waals surface area contributed by atoms with Crippen LogP contribution in [0, 0.1) is 13.8 Å². The maximum Gasteiger partial charge on any atom is 0.262 e. The third kappa shape index (κ3) is 4.13. The molecule has 2 rings (SSSR count). The van der Waals surface area contributed by atoms with Gasteiger partial charge < -0.3 is 10.1 Å². The van der Waals surface area contributed by atoms with Crippen LogP contribution < -0.4 is 10.1 Å². The second-order valence-corrected chi connectivity index (χ2v) is 5.53. The Morgan fingerprint density at radius 1 is 1.14 bits per heavy atom. The Morgan fingerprint density at radius 3 is 2.52 bits per heavy atom. The van der Waals surface area contributed by atoms with Crippen LogP contribution in [0.4, 0.5) is 5.69 Å². The van der Waals surface area contributed by atoms with Crippen LogP contribution in [-0.4, -0.2) is 12.5 Å². The Kier molecular flexibility index (Phi) is 5.10. The molecule has 0 aliphatic carbocycles. The summed E-state index contributed by atoms with van der Waals surface area (Å²) in [6.45, 7) is 3.64. The summed E-state index contributed by atoms with van der Waals surface area (Å²) in [6.07, 6.45) is 0. The van der Waals surface area contributed by atoms with E-state index >= 15 is 0 Å². The zero-order valence-corrected chi connectivity index (χ0v) is 13.3. The van der Waals surface area contributed by atoms with Crippen LogP contribution in [0.1, 0.15) is 11.1 Å². The highest BCUT2D eigenvalue weighted by Gasteiger charge is 2.10. The predicted octanol–water partition coefficient (Wildman–Crippen LogP) is 4.63. The van der Waals surface area contributed by atoms with Gasteiger partial charge in [0, 0.05) is 10.7 Å². The molecule has 0 fully saturated rings. The summed E-state index contributed by atoms with van der Waals surface area (Å²) in [5.41, 5.74) is 2.55. The van der Waals surface area contributed by atoms with Gasteiger partial charge in [-0.25, -0.2) is 0 Å². The van der Waals surface area contributed by atoms with Crippen molar-refractivity contribution < 1.29 is 9.53 Å². The fraction of sp³-hybridized carbons (Fsp3) is 0.188. The summed E-state index contributed by atoms with van der Waals surface area (Å²) < 4.78 is 5.49. The topological polar surface area (TPSA) is 38.3 Å². The molecule has 0 heterocycles. The lowest BCUT2D eigenvalue weighted by Gasteiger charge is -2.12. The van der Waals surface area contributed by atoms with E-state index in [1.165, 1.54) is 0 Å². The normalized spacial score (nSPS) is 10.3. The molecule has 0 aliphatic heterocycles. The highest BCUT2D eigenvalue weighted by atomic mass is 35.5. The first-order valence-electron chi connectivity index (χ1n) is 6.41. The van der Waals surface area contributed by atoms with Crippen molar-refractivity contribution in [3.8, 4) is 5.75 Å². The van der Waals surface area contributed by atoms with Crippen LogP contribution in [-0.2, 0) is 4.79 Å². The number of para-hydroxylation sites is 1. The number of amides is 1. The lowest BCUT2D eigenvalue weighted by molar-refractivity contribution is -0.118. The van der Waals surface area contributed by atoms with E-state index in [1.54, 1.807) is 12.1 Å². The molecule has 0 saturated carbocycles. The second kappa shape index (κ2) is 6.83. The van der Waals surface area contributed by atoms with Gasteiger partial charge in [0.1, 0.15) is 5.75 Å². The lowest BCUT2D eigenvalue weighted by Crippen LogP contribution is -2.21. The van der Waals surface area contributed by atoms with Crippen LogP contribution in [0.3, 0.4) is 0 Å². The minimum Gasteiger partial charge on any atom is -0.482 e. The van der Waals surface area contributed by atoms with Gasteiger partial charge in [0.15, 0.2) is 6.61 Å². The van der Waals surface area contributed by atoms with Gasteiger partial charge in [-0.2, -0.15) is 0 Å². The molecule has 2 aromatic carbocycles. The first kappa shape index (κ1) is 15.7. The van der Waals surface area contributed by atoms with E-state index in [4.69, 9.17) is 27.9 Å². The zero-order chi connectivity index (χ0) is 15.4. The number of ether oxygens (including phenoxy) is 1. The van der Waals surface area contributed by atoms with Crippen molar-refractivity contribution >= 4 is 34.8 Å². The molecule has 5 heteroatoms. The third-order valence-electron chi connectivity index (χ3n) is 2.96. The molecule has 110 valence electrons. The molecule has 0 aliphatic rings. The molecule has 3 nitrogen and oxygen atoms in total. The standard InChI is InChI=1S/C16H15Cl2NO2/c1-10-5-3-4-6-14(10)19-15(20)9-21-16-11(2)7-12(17)8-13(16)18/h3-8H,9H2,1-2H3,(H,19,20). The van der Waals surface area contributed by atoms with Gasteiger partial charge in [-0.3, -0.25) is 4.79 Å². The van der Waals surface area contributed by atoms with Gasteiger partial charge >= 0.3 is 0 Å². The summed E-state index contributed by atoms with van der Waals surface area (Å²) in [5, 5.41) is 3.73. The number of anilines is 1. The SMILES string of the molecule is Cc1ccccc1NC(=O)COc1c(C)cc(Cl)cc1Cl. The van der Waals surface area contributed by atoms with Crippen LogP contribution >= 0.6 is 23.2 Å². The van der Waals surface area contributed by atoms with Crippen molar-refractivity contribution in [3.05, 3.63) is 57.6 Å². The summed E-state index contributed by atoms with van der Waals surface area (Å²) >= 11 is 12.0. The molecule has 21 heavy (non-hydrogen) atoms. The van der Waals surface area contributed by atoms with E-state index in [1.807, 2.05) is 38.1 Å². The number of rotatable bonds is 4. The number of hydrogen-bond donors (Lipinski definition) is 1. The van der Waals surface area contributed by atoms with E-state index in [-0.39, 0.29) is 12.5 Å². The van der Waals surface area contributed by atoms with Crippen LogP contribution in [0.2, 0.25) is 10.0 Å². The predicted molar refractivity (Wildman–Crippen MR) is 86.5 cm³/mol. The first-order valence-corrected chi connectivity index (χ1v) is 7.17. The molecule has 1 amide bonds. The smallest absolute Gasteiger partial charge is 0.262 e. The largest absolute Gasteiger partial charge is 0.482 e. The van der Waals surface area contributed by atoms with E-state index in [0.29, 0.717) is 15.8 Å². The van der Waals surface area contributed by atoms with Crippen molar-refractivity contribution in [1.82, 2.24) is 0 Å². The minimum absolute atomic E-state index is 0.115. The molecule has 0 unspecified atom stereocenters. The molecule has 0 atom stereocenters. The summed E-state index contributed by atoms with van der Waals surface area (Å²) in [6, 6.07) is 10.9. The number of carbonyl (C=O) groups excluding carboxylic acids is 1. The van der Waals surface area contributed by atoms with Gasteiger partial charge in [0.25, 0.3) is 5.91 Å². The van der Waals surface area contributed by atoms with Gasteiger partial charge in [-0.1, -0.05) is 41.4 Å². The highest BCUT2D eigenvalue weighted by Crippen LogP contribution is 2.31. The lowest BCUT2D eigenvalue weighted by atomic mass is 10.2. The van der Waals surface area contributed by atoms with Gasteiger partial charge in [0.2, 0.25) is 0 Å². The van der Waals surface area contributed by atoms with E-state index in [0.717, 1.165) is 16.8 Å². The van der Waals surface area contributed by atoms with Crippen molar-refractivity contribution in [2.24, 2.45) is 0 Å². The summed E-state index contributed by atoms with van der Waals surface area (Å²) in [5.74, 6) is 0.232. The van der Waals surface area contributed by atoms with Gasteiger partial charge in [0.05, 0.1) is 5.02 Å². The molecule has 0 aromatic heterocycles. The Morgan fingerprint density at radius 2 is 1.86 bits per heavy atom. The fourth-order valence-electron chi connectivity index (χ4n) is 1.91. The van der Waals surface area contributed by atoms with E-state index in [2.05, 4.69) is 5.32 Å². The number of nitrogens with one attached hydrogen (secondary N) is 1. The zero-order valence-electron chi connectivity index (χ0n) is 11.7. The van der Waals surface area contributed by atoms with Crippen molar-refractivity contribution in [2.75, 3.05) is 11.9 Å². The first-order chi connectivity index (χ1) is 9.97. The molecular weight excluding hydrogens is 309 g/mol. The maximum atomic E-state index is 11.9. The van der Waals surface area contributed by atoms with Crippen LogP contribution in [0.15, 0.2) is 36.4 Å². The number of halogens is 2. The second-order valence-electron chi connectivity index (χ2n) is 4.69. The molecule has 0 spiro atoms. The third-order valence-corrected chi connectivity index (χ3v) is 3.46. The van der Waals surface area contributed by atoms with Crippen molar-refractivity contribution in [2.45, 2.75) is 13.8 Å². The molecule has 0 radical (unpaired) electrons. The van der Waals surface area contributed by atoms with Crippen molar-refractivity contribution in [1.29, 1.82) is 0 Å². The molecule has 1 N–H and O–H groups in total. The van der Waals surface area contributed by atoms with Crippen molar-refractivity contribution in [3.63, 3.8) is 0 Å². The molecule has 0 saturated heterocycles. The Hall–Kier alpha value is -1.71. The van der Waals surface area contributed by atoms with Gasteiger partial charge in [-0.05, 0) is 43.2 Å². The Labute approximate surface area is 133 Å². The quantitative estimate of drug-likeness (QED) is 0.890. The fourth-order valence-corrected chi connectivity index (χ4v) is 2.56. The minimum atomic E-state index is -0.241. The average Bonchev–Trinajstić information content (AvgIpc) is 2.40. The summed E-state index contributed by atoms with van der Waals surface area (Å²) in [4.78, 5) is 11.9. The average molecular weight is 324 g/mol. The molecular formula is C16H15Cl2NO2. The van der Waals surface area contributed by atoms with Gasteiger partial charge in [-0.15, -0.1) is 0 Å². The monoisotopic (exact) mass is 323 g/mol. The summed E-state index contributed by atoms with van der Waals surface area (Å²) in [7, 11) is 0. The number of hydrogen-bond acceptors (Lipinski definition) is 2.